The molecule has 8 nitrogen and oxygen atoms in total. The van der Waals surface area contributed by atoms with Crippen LogP contribution < -0.4 is 19.9 Å². The summed E-state index contributed by atoms with van der Waals surface area (Å²) >= 11 is 0. The van der Waals surface area contributed by atoms with Crippen molar-refractivity contribution in [3.05, 3.63) is 66.1 Å². The fourth-order valence-corrected chi connectivity index (χ4v) is 3.78. The molecule has 0 saturated carbocycles. The lowest BCUT2D eigenvalue weighted by Gasteiger charge is -2.32. The average molecular weight is 434 g/mol. The predicted octanol–water partition coefficient (Wildman–Crippen LogP) is 3.89. The molecule has 0 atom stereocenters. The van der Waals surface area contributed by atoms with Gasteiger partial charge in [-0.25, -0.2) is 9.97 Å². The number of piperidine rings is 1. The molecule has 8 heteroatoms. The van der Waals surface area contributed by atoms with Crippen LogP contribution in [0.15, 0.2) is 54.9 Å². The lowest BCUT2D eigenvalue weighted by Crippen LogP contribution is -2.38. The lowest BCUT2D eigenvalue weighted by atomic mass is 9.90. The first-order valence-electron chi connectivity index (χ1n) is 10.4. The van der Waals surface area contributed by atoms with Crippen LogP contribution in [-0.4, -0.2) is 48.1 Å². The summed E-state index contributed by atoms with van der Waals surface area (Å²) in [5.41, 5.74) is 7.16. The van der Waals surface area contributed by atoms with E-state index in [2.05, 4.69) is 9.97 Å². The minimum atomic E-state index is -0.117. The predicted molar refractivity (Wildman–Crippen MR) is 120 cm³/mol. The van der Waals surface area contributed by atoms with Gasteiger partial charge >= 0.3 is 0 Å². The van der Waals surface area contributed by atoms with Gasteiger partial charge in [0, 0.05) is 25.4 Å². The number of carbonyl (C=O) groups is 1. The van der Waals surface area contributed by atoms with Crippen molar-refractivity contribution in [1.82, 2.24) is 14.9 Å². The Labute approximate surface area is 187 Å². The molecule has 0 aliphatic carbocycles. The van der Waals surface area contributed by atoms with Crippen LogP contribution in [0, 0.1) is 0 Å². The number of pyridine rings is 2. The number of hydrogen-bond donors (Lipinski definition) is 1. The van der Waals surface area contributed by atoms with Gasteiger partial charge in [-0.2, -0.15) is 0 Å². The van der Waals surface area contributed by atoms with Crippen LogP contribution >= 0.6 is 0 Å². The number of likely N-dealkylation sites (tertiary alicyclic amines) is 1. The molecule has 1 aliphatic heterocycles. The Balaban J connectivity index is 1.42. The number of anilines is 1. The van der Waals surface area contributed by atoms with E-state index in [0.29, 0.717) is 47.8 Å². The molecule has 3 aromatic rings. The van der Waals surface area contributed by atoms with E-state index < -0.39 is 0 Å². The van der Waals surface area contributed by atoms with E-state index in [1.807, 2.05) is 23.2 Å². The summed E-state index contributed by atoms with van der Waals surface area (Å²) in [5, 5.41) is 0. The number of carbonyl (C=O) groups excluding carboxylic acids is 1. The second-order valence-corrected chi connectivity index (χ2v) is 7.58. The number of benzene rings is 1. The molecule has 1 fully saturated rings. The number of nitrogens with zero attached hydrogens (tertiary/aromatic N) is 3. The Morgan fingerprint density at radius 3 is 2.28 bits per heavy atom. The second-order valence-electron chi connectivity index (χ2n) is 7.58. The summed E-state index contributed by atoms with van der Waals surface area (Å²) in [5.74, 6) is 3.00. The van der Waals surface area contributed by atoms with Gasteiger partial charge < -0.3 is 24.8 Å². The van der Waals surface area contributed by atoms with E-state index in [1.54, 1.807) is 37.4 Å². The van der Waals surface area contributed by atoms with Crippen LogP contribution in [0.25, 0.3) is 0 Å². The molecule has 1 aromatic carbocycles. The number of rotatable bonds is 6. The number of ether oxygens (including phenoxy) is 3. The van der Waals surface area contributed by atoms with Crippen molar-refractivity contribution >= 4 is 11.7 Å². The molecule has 0 bridgehead atoms. The summed E-state index contributed by atoms with van der Waals surface area (Å²) in [6, 6.07) is 12.6. The normalized spacial score (nSPS) is 14.1. The van der Waals surface area contributed by atoms with E-state index in [4.69, 9.17) is 19.9 Å². The van der Waals surface area contributed by atoms with Crippen molar-refractivity contribution in [1.29, 1.82) is 0 Å². The quantitative estimate of drug-likeness (QED) is 0.628. The van der Waals surface area contributed by atoms with Gasteiger partial charge in [0.1, 0.15) is 23.0 Å². The Morgan fingerprint density at radius 2 is 1.66 bits per heavy atom. The largest absolute Gasteiger partial charge is 0.497 e. The summed E-state index contributed by atoms with van der Waals surface area (Å²) in [6.45, 7) is 1.31. The molecular weight excluding hydrogens is 408 g/mol. The highest BCUT2D eigenvalue weighted by atomic mass is 16.5. The molecule has 2 aromatic heterocycles. The van der Waals surface area contributed by atoms with Crippen LogP contribution in [0.3, 0.4) is 0 Å². The number of nitrogen functional groups attached to an aromatic ring is 1. The Morgan fingerprint density at radius 1 is 0.938 bits per heavy atom. The maximum atomic E-state index is 13.0. The maximum Gasteiger partial charge on any atom is 0.272 e. The van der Waals surface area contributed by atoms with E-state index in [0.717, 1.165) is 24.2 Å². The van der Waals surface area contributed by atoms with Crippen molar-refractivity contribution in [2.45, 2.75) is 18.8 Å². The van der Waals surface area contributed by atoms with Crippen LogP contribution in [0.4, 0.5) is 5.82 Å². The van der Waals surface area contributed by atoms with Crippen LogP contribution in [0.5, 0.6) is 23.0 Å². The van der Waals surface area contributed by atoms with Gasteiger partial charge in [0.05, 0.1) is 20.4 Å². The fraction of sp³-hybridized carbons (Fsp3) is 0.292. The lowest BCUT2D eigenvalue weighted by molar-refractivity contribution is 0.0706. The molecule has 32 heavy (non-hydrogen) atoms. The summed E-state index contributed by atoms with van der Waals surface area (Å²) in [6.07, 6.45) is 5.08. The highest BCUT2D eigenvalue weighted by molar-refractivity contribution is 5.93. The van der Waals surface area contributed by atoms with E-state index in [9.17, 15) is 4.79 Å². The fourth-order valence-electron chi connectivity index (χ4n) is 3.78. The minimum Gasteiger partial charge on any atom is -0.497 e. The molecule has 0 radical (unpaired) electrons. The van der Waals surface area contributed by atoms with Gasteiger partial charge in [0.25, 0.3) is 5.91 Å². The molecule has 2 N–H and O–H groups in total. The van der Waals surface area contributed by atoms with E-state index >= 15 is 0 Å². The molecular formula is C24H26N4O4. The minimum absolute atomic E-state index is 0.117. The summed E-state index contributed by atoms with van der Waals surface area (Å²) in [4.78, 5) is 23.4. The molecule has 3 heterocycles. The zero-order valence-corrected chi connectivity index (χ0v) is 18.2. The van der Waals surface area contributed by atoms with Crippen molar-refractivity contribution in [3.63, 3.8) is 0 Å². The topological polar surface area (TPSA) is 99.8 Å². The first-order chi connectivity index (χ1) is 15.6. The maximum absolute atomic E-state index is 13.0. The zero-order valence-electron chi connectivity index (χ0n) is 18.2. The van der Waals surface area contributed by atoms with Gasteiger partial charge in [-0.05, 0) is 54.7 Å². The van der Waals surface area contributed by atoms with Crippen molar-refractivity contribution in [2.75, 3.05) is 33.0 Å². The molecule has 1 amide bonds. The monoisotopic (exact) mass is 434 g/mol. The van der Waals surface area contributed by atoms with Crippen LogP contribution in [-0.2, 0) is 0 Å². The number of hydrogen-bond acceptors (Lipinski definition) is 7. The first kappa shape index (κ1) is 21.4. The summed E-state index contributed by atoms with van der Waals surface area (Å²) in [7, 11) is 3.15. The third kappa shape index (κ3) is 4.74. The number of methoxy groups -OCH3 is 2. The zero-order chi connectivity index (χ0) is 22.5. The third-order valence-corrected chi connectivity index (χ3v) is 5.62. The van der Waals surface area contributed by atoms with Crippen molar-refractivity contribution in [3.8, 4) is 23.0 Å². The summed E-state index contributed by atoms with van der Waals surface area (Å²) < 4.78 is 16.5. The SMILES string of the molecule is COc1ccc(Oc2cnc(C(=O)N3CCC(c4ccc(N)nc4)CC3)cc2OC)cc1. The Bertz CT molecular complexity index is 1060. The van der Waals surface area contributed by atoms with E-state index in [-0.39, 0.29) is 5.91 Å². The highest BCUT2D eigenvalue weighted by Gasteiger charge is 2.26. The highest BCUT2D eigenvalue weighted by Crippen LogP contribution is 2.33. The van der Waals surface area contributed by atoms with Gasteiger partial charge in [0.2, 0.25) is 0 Å². The average Bonchev–Trinajstić information content (AvgIpc) is 2.85. The molecule has 1 saturated heterocycles. The molecule has 4 rings (SSSR count). The van der Waals surface area contributed by atoms with Crippen LogP contribution in [0.2, 0.25) is 0 Å². The van der Waals surface area contributed by atoms with E-state index in [1.165, 1.54) is 13.3 Å². The van der Waals surface area contributed by atoms with Crippen molar-refractivity contribution < 1.29 is 19.0 Å². The molecule has 0 unspecified atom stereocenters. The molecule has 1 aliphatic rings. The Kier molecular flexibility index (Phi) is 6.39. The standard InChI is InChI=1S/C24H26N4O4/c1-30-18-4-6-19(7-5-18)32-22-15-26-20(13-21(22)31-2)24(29)28-11-9-16(10-12-28)17-3-8-23(25)27-14-17/h3-8,13-16H,9-12H2,1-2H3,(H2,25,27). The smallest absolute Gasteiger partial charge is 0.272 e. The van der Waals surface area contributed by atoms with Crippen LogP contribution in [0.1, 0.15) is 34.8 Å². The first-order valence-corrected chi connectivity index (χ1v) is 10.4. The van der Waals surface area contributed by atoms with Gasteiger partial charge in [-0.3, -0.25) is 4.79 Å². The molecule has 0 spiro atoms. The molecule has 166 valence electrons. The number of aromatic nitrogens is 2. The van der Waals surface area contributed by atoms with Gasteiger partial charge in [0.15, 0.2) is 11.5 Å². The third-order valence-electron chi connectivity index (χ3n) is 5.62. The number of nitrogens with two attached hydrogens (primary N) is 1. The van der Waals surface area contributed by atoms with Gasteiger partial charge in [-0.15, -0.1) is 0 Å². The second kappa shape index (κ2) is 9.55. The van der Waals surface area contributed by atoms with Gasteiger partial charge in [-0.1, -0.05) is 6.07 Å². The Hall–Kier alpha value is -3.81. The number of amides is 1. The van der Waals surface area contributed by atoms with Crippen molar-refractivity contribution in [2.24, 2.45) is 0 Å².